The summed E-state index contributed by atoms with van der Waals surface area (Å²) in [5.74, 6) is 1.14. The van der Waals surface area contributed by atoms with Gasteiger partial charge in [0.2, 0.25) is 11.9 Å². The predicted octanol–water partition coefficient (Wildman–Crippen LogP) is 4.61. The Morgan fingerprint density at radius 1 is 1.00 bits per heavy atom. The fourth-order valence-electron chi connectivity index (χ4n) is 7.86. The number of hydrogen-bond donors (Lipinski definition) is 1. The van der Waals surface area contributed by atoms with Crippen molar-refractivity contribution in [1.82, 2.24) is 44.2 Å². The van der Waals surface area contributed by atoms with E-state index in [0.717, 1.165) is 5.52 Å². The van der Waals surface area contributed by atoms with Gasteiger partial charge in [0.1, 0.15) is 54.0 Å². The van der Waals surface area contributed by atoms with Gasteiger partial charge in [-0.25, -0.2) is 38.4 Å². The van der Waals surface area contributed by atoms with Gasteiger partial charge in [0, 0.05) is 56.7 Å². The average Bonchev–Trinajstić information content (AvgIpc) is 3.88. The number of benzene rings is 2. The number of ether oxygens (including phenoxy) is 3. The van der Waals surface area contributed by atoms with Crippen molar-refractivity contribution in [3.05, 3.63) is 84.2 Å². The van der Waals surface area contributed by atoms with Gasteiger partial charge in [0.05, 0.1) is 47.6 Å². The molecule has 0 radical (unpaired) electrons. The molecule has 1 amide bonds. The van der Waals surface area contributed by atoms with Crippen molar-refractivity contribution in [3.63, 3.8) is 0 Å². The number of aromatic nitrogens is 8. The first-order valence-electron chi connectivity index (χ1n) is 18.5. The first kappa shape index (κ1) is 35.6. The van der Waals surface area contributed by atoms with Crippen LogP contribution in [0.15, 0.2) is 60.9 Å². The number of anilines is 2. The topological polar surface area (TPSA) is 150 Å². The molecule has 1 saturated heterocycles. The van der Waals surface area contributed by atoms with E-state index in [1.54, 1.807) is 47.2 Å². The van der Waals surface area contributed by atoms with Crippen molar-refractivity contribution in [3.8, 4) is 22.7 Å². The normalized spacial score (nSPS) is 20.7. The highest BCUT2D eigenvalue weighted by atomic mass is 19.1. The number of amides is 1. The smallest absolute Gasteiger partial charge is 0.245 e. The molecule has 15 nitrogen and oxygen atoms in total. The van der Waals surface area contributed by atoms with Crippen LogP contribution < -0.4 is 15.0 Å². The van der Waals surface area contributed by atoms with Crippen molar-refractivity contribution < 1.29 is 27.8 Å². The zero-order valence-corrected chi connectivity index (χ0v) is 31.0. The van der Waals surface area contributed by atoms with E-state index in [1.807, 2.05) is 29.4 Å². The van der Waals surface area contributed by atoms with E-state index >= 15 is 4.39 Å². The molecule has 1 fully saturated rings. The van der Waals surface area contributed by atoms with Gasteiger partial charge >= 0.3 is 0 Å². The molecule has 3 aliphatic rings. The summed E-state index contributed by atoms with van der Waals surface area (Å²) in [7, 11) is 1.77. The highest BCUT2D eigenvalue weighted by Gasteiger charge is 2.41. The van der Waals surface area contributed by atoms with Crippen LogP contribution in [0.4, 0.5) is 20.5 Å². The van der Waals surface area contributed by atoms with Gasteiger partial charge in [-0.15, -0.1) is 0 Å². The molecule has 1 unspecified atom stereocenters. The van der Waals surface area contributed by atoms with Crippen LogP contribution in [0.1, 0.15) is 25.0 Å². The molecule has 17 heteroatoms. The van der Waals surface area contributed by atoms with Gasteiger partial charge < -0.3 is 33.9 Å². The molecular weight excluding hydrogens is 724 g/mol. The lowest BCUT2D eigenvalue weighted by atomic mass is 10.1. The number of imidazole rings is 1. The van der Waals surface area contributed by atoms with Gasteiger partial charge in [-0.1, -0.05) is 6.08 Å². The second kappa shape index (κ2) is 14.5. The number of likely N-dealkylation sites (N-methyl/N-ethyl adjacent to an activating group) is 1. The van der Waals surface area contributed by atoms with Crippen LogP contribution in [0.25, 0.3) is 39.0 Å². The zero-order valence-electron chi connectivity index (χ0n) is 31.0. The Labute approximate surface area is 319 Å². The highest BCUT2D eigenvalue weighted by Crippen LogP contribution is 2.36. The molecule has 3 atom stereocenters. The Hall–Kier alpha value is -6.07. The number of hydrogen-bond acceptors (Lipinski definition) is 12. The lowest BCUT2D eigenvalue weighted by Crippen LogP contribution is -2.47. The summed E-state index contributed by atoms with van der Waals surface area (Å²) in [6.07, 6.45) is 6.85. The molecule has 4 aromatic heterocycles. The minimum absolute atomic E-state index is 0.0866. The largest absolute Gasteiger partial charge is 0.487 e. The average molecular weight is 764 g/mol. The maximum atomic E-state index is 15.1. The van der Waals surface area contributed by atoms with Crippen LogP contribution in [0.5, 0.6) is 5.75 Å². The van der Waals surface area contributed by atoms with Crippen LogP contribution >= 0.6 is 0 Å². The van der Waals surface area contributed by atoms with E-state index in [0.29, 0.717) is 83.0 Å². The van der Waals surface area contributed by atoms with Gasteiger partial charge in [0.15, 0.2) is 11.5 Å². The van der Waals surface area contributed by atoms with Gasteiger partial charge in [0.25, 0.3) is 0 Å². The maximum absolute atomic E-state index is 15.1. The molecule has 0 saturated carbocycles. The number of nitrogens with one attached hydrogen (secondary N) is 1. The monoisotopic (exact) mass is 763 g/mol. The number of carbonyl (C=O) groups is 1. The molecule has 0 spiro atoms. The van der Waals surface area contributed by atoms with E-state index in [4.69, 9.17) is 34.1 Å². The van der Waals surface area contributed by atoms with Crippen molar-refractivity contribution in [2.75, 3.05) is 50.2 Å². The summed E-state index contributed by atoms with van der Waals surface area (Å²) in [5, 5.41) is 8.73. The molecule has 56 heavy (non-hydrogen) atoms. The molecule has 288 valence electrons. The Bertz CT molecular complexity index is 2500. The molecule has 7 heterocycles. The predicted molar refractivity (Wildman–Crippen MR) is 203 cm³/mol. The first-order valence-corrected chi connectivity index (χ1v) is 18.5. The molecule has 9 rings (SSSR count). The summed E-state index contributed by atoms with van der Waals surface area (Å²) in [6.45, 7) is 5.74. The lowest BCUT2D eigenvalue weighted by molar-refractivity contribution is -0.133. The van der Waals surface area contributed by atoms with Crippen LogP contribution in [0, 0.1) is 18.6 Å². The SMILES string of the molecule is CCO[C@H]1CN(C)C(=O)[C@@H]2CC(CN2c2nc3nc4c2cnn4-c2ccc(F)cc2OC/C=C/COC3)Nc2nccc(n2)-c2cc(F)cc3nc(C)n(c23)C1. The van der Waals surface area contributed by atoms with E-state index < -0.39 is 23.8 Å². The Morgan fingerprint density at radius 2 is 1.88 bits per heavy atom. The zero-order chi connectivity index (χ0) is 38.5. The second-order valence-corrected chi connectivity index (χ2v) is 14.1. The van der Waals surface area contributed by atoms with E-state index in [-0.39, 0.29) is 44.1 Å². The number of fused-ring (bicyclic) bond motifs is 8. The van der Waals surface area contributed by atoms with Crippen molar-refractivity contribution in [2.24, 2.45) is 0 Å². The van der Waals surface area contributed by atoms with E-state index in [2.05, 4.69) is 15.4 Å². The fraction of sp³-hybridized carbons (Fsp3) is 0.359. The highest BCUT2D eigenvalue weighted by molar-refractivity contribution is 5.94. The molecule has 6 aromatic rings. The number of carbonyl (C=O) groups excluding carboxylic acids is 1. The van der Waals surface area contributed by atoms with Crippen LogP contribution in [-0.4, -0.2) is 108 Å². The number of aryl methyl sites for hydroxylation is 1. The molecule has 2 aromatic carbocycles. The minimum Gasteiger partial charge on any atom is -0.487 e. The van der Waals surface area contributed by atoms with Gasteiger partial charge in [-0.2, -0.15) is 5.10 Å². The van der Waals surface area contributed by atoms with Crippen LogP contribution in [0.2, 0.25) is 0 Å². The third-order valence-corrected chi connectivity index (χ3v) is 10.3. The summed E-state index contributed by atoms with van der Waals surface area (Å²) < 4.78 is 51.3. The molecule has 1 N–H and O–H groups in total. The molecule has 0 aliphatic carbocycles. The summed E-state index contributed by atoms with van der Waals surface area (Å²) in [4.78, 5) is 42.3. The van der Waals surface area contributed by atoms with Crippen molar-refractivity contribution in [2.45, 2.75) is 51.6 Å². The Morgan fingerprint density at radius 3 is 2.75 bits per heavy atom. The Balaban J connectivity index is 1.17. The van der Waals surface area contributed by atoms with Crippen molar-refractivity contribution in [1.29, 1.82) is 0 Å². The van der Waals surface area contributed by atoms with Crippen LogP contribution in [0.3, 0.4) is 0 Å². The Kier molecular flexibility index (Phi) is 9.25. The number of rotatable bonds is 3. The molecule has 3 aliphatic heterocycles. The second-order valence-electron chi connectivity index (χ2n) is 14.1. The molecular formula is C39H39F2N11O4. The lowest BCUT2D eigenvalue weighted by Gasteiger charge is -2.31. The molecule has 6 bridgehead atoms. The van der Waals surface area contributed by atoms with Crippen LogP contribution in [-0.2, 0) is 27.4 Å². The van der Waals surface area contributed by atoms with E-state index in [9.17, 15) is 9.18 Å². The number of halogens is 2. The quantitative estimate of drug-likeness (QED) is 0.251. The first-order chi connectivity index (χ1) is 27.2. The third-order valence-electron chi connectivity index (χ3n) is 10.3. The summed E-state index contributed by atoms with van der Waals surface area (Å²) >= 11 is 0. The van der Waals surface area contributed by atoms with Gasteiger partial charge in [-0.3, -0.25) is 4.79 Å². The third kappa shape index (κ3) is 6.55. The maximum Gasteiger partial charge on any atom is 0.245 e. The van der Waals surface area contributed by atoms with Crippen molar-refractivity contribution >= 4 is 39.7 Å². The summed E-state index contributed by atoms with van der Waals surface area (Å²) in [6, 6.07) is 7.90. The van der Waals surface area contributed by atoms with E-state index in [1.165, 1.54) is 24.3 Å². The number of nitrogens with zero attached hydrogens (tertiary/aromatic N) is 10. The standard InChI is InChI=1S/C39H39F2N11O4/c1-4-55-26-19-49(3)38(53)32-16-25(45-39-42-10-9-29(46-39)27-13-24(41)14-30-35(27)50(20-26)22(2)44-30)18-51(32)36-28-17-43-52-31-8-7-23(40)15-33(31)56-12-6-5-11-54-21-34(47-36)48-37(28)52/h5-10,13-15,17,25-26,32H,4,11-12,16,18-21H2,1-3H3,(H,42,45,46)/b6-5+/t25?,26-,32-/m0/s1. The minimum atomic E-state index is -0.675. The van der Waals surface area contributed by atoms with Gasteiger partial charge in [-0.05, 0) is 50.6 Å². The fourth-order valence-corrected chi connectivity index (χ4v) is 7.86. The summed E-state index contributed by atoms with van der Waals surface area (Å²) in [5.41, 5.74) is 3.25.